The molecule has 0 saturated heterocycles. The molecule has 3 heteroatoms. The van der Waals surface area contributed by atoms with E-state index in [1.165, 1.54) is 18.4 Å². The third kappa shape index (κ3) is 3.17. The summed E-state index contributed by atoms with van der Waals surface area (Å²) in [7, 11) is 0. The lowest BCUT2D eigenvalue weighted by Crippen LogP contribution is -2.16. The smallest absolute Gasteiger partial charge is 0.219 e. The number of pyridine rings is 1. The Morgan fingerprint density at radius 2 is 1.95 bits per heavy atom. The van der Waals surface area contributed by atoms with Gasteiger partial charge in [-0.1, -0.05) is 18.2 Å². The minimum absolute atomic E-state index is 0.661. The molecule has 0 radical (unpaired) electrons. The Bertz CT molecular complexity index is 606. The van der Waals surface area contributed by atoms with Crippen LogP contribution in [0.2, 0.25) is 0 Å². The fourth-order valence-corrected chi connectivity index (χ4v) is 2.10. The second-order valence-electron chi connectivity index (χ2n) is 5.42. The van der Waals surface area contributed by atoms with Crippen LogP contribution in [0.1, 0.15) is 29.7 Å². The molecule has 3 rings (SSSR count). The molecule has 1 aliphatic rings. The molecular weight excluding hydrogens is 248 g/mol. The summed E-state index contributed by atoms with van der Waals surface area (Å²) < 4.78 is 5.91. The molecule has 0 amide bonds. The molecule has 104 valence electrons. The van der Waals surface area contributed by atoms with Gasteiger partial charge in [0.25, 0.3) is 0 Å². The molecule has 1 heterocycles. The number of ether oxygens (including phenoxy) is 1. The number of hydrogen-bond donors (Lipinski definition) is 1. The molecule has 0 aliphatic heterocycles. The van der Waals surface area contributed by atoms with Crippen molar-refractivity contribution < 1.29 is 4.74 Å². The van der Waals surface area contributed by atoms with E-state index in [0.29, 0.717) is 11.9 Å². The van der Waals surface area contributed by atoms with E-state index in [1.54, 1.807) is 0 Å². The molecule has 0 bridgehead atoms. The number of aromatic nitrogens is 1. The maximum atomic E-state index is 5.91. The van der Waals surface area contributed by atoms with Gasteiger partial charge in [-0.05, 0) is 49.9 Å². The van der Waals surface area contributed by atoms with Gasteiger partial charge in [0, 0.05) is 18.7 Å². The van der Waals surface area contributed by atoms with Gasteiger partial charge in [-0.15, -0.1) is 0 Å². The molecule has 3 nitrogen and oxygen atoms in total. The van der Waals surface area contributed by atoms with Gasteiger partial charge in [0.15, 0.2) is 0 Å². The van der Waals surface area contributed by atoms with Crippen molar-refractivity contribution in [1.82, 2.24) is 10.3 Å². The van der Waals surface area contributed by atoms with Gasteiger partial charge in [0.1, 0.15) is 5.75 Å². The molecule has 1 fully saturated rings. The Labute approximate surface area is 120 Å². The predicted molar refractivity (Wildman–Crippen MR) is 80.1 cm³/mol. The van der Waals surface area contributed by atoms with Crippen LogP contribution in [-0.2, 0) is 6.54 Å². The standard InChI is InChI=1S/C17H20N2O/c1-12-5-3-7-16(13(12)2)20-17-8-4-6-15(19-17)11-18-14-9-10-14/h3-8,14,18H,9-11H2,1-2H3. The molecule has 1 aromatic heterocycles. The Morgan fingerprint density at radius 1 is 1.15 bits per heavy atom. The zero-order valence-corrected chi connectivity index (χ0v) is 12.0. The fraction of sp³-hybridized carbons (Fsp3) is 0.353. The molecule has 0 unspecified atom stereocenters. The van der Waals surface area contributed by atoms with E-state index < -0.39 is 0 Å². The van der Waals surface area contributed by atoms with Crippen LogP contribution in [0.3, 0.4) is 0 Å². The van der Waals surface area contributed by atoms with Crippen molar-refractivity contribution in [3.63, 3.8) is 0 Å². The van der Waals surface area contributed by atoms with Crippen molar-refractivity contribution in [3.8, 4) is 11.6 Å². The van der Waals surface area contributed by atoms with Gasteiger partial charge in [0.2, 0.25) is 5.88 Å². The first-order chi connectivity index (χ1) is 9.72. The fourth-order valence-electron chi connectivity index (χ4n) is 2.10. The second-order valence-corrected chi connectivity index (χ2v) is 5.42. The van der Waals surface area contributed by atoms with Crippen LogP contribution in [0.25, 0.3) is 0 Å². The highest BCUT2D eigenvalue weighted by Gasteiger charge is 2.20. The zero-order chi connectivity index (χ0) is 13.9. The lowest BCUT2D eigenvalue weighted by atomic mass is 10.1. The summed E-state index contributed by atoms with van der Waals surface area (Å²) >= 11 is 0. The summed E-state index contributed by atoms with van der Waals surface area (Å²) in [4.78, 5) is 4.55. The SMILES string of the molecule is Cc1cccc(Oc2cccc(CNC3CC3)n2)c1C. The number of nitrogens with one attached hydrogen (secondary N) is 1. The molecule has 2 aromatic rings. The van der Waals surface area contributed by atoms with Crippen molar-refractivity contribution >= 4 is 0 Å². The third-order valence-corrected chi connectivity index (χ3v) is 3.70. The molecule has 1 saturated carbocycles. The van der Waals surface area contributed by atoms with E-state index in [1.807, 2.05) is 30.3 Å². The topological polar surface area (TPSA) is 34.1 Å². The van der Waals surface area contributed by atoms with E-state index in [9.17, 15) is 0 Å². The van der Waals surface area contributed by atoms with E-state index in [-0.39, 0.29) is 0 Å². The van der Waals surface area contributed by atoms with Gasteiger partial charge in [0.05, 0.1) is 5.69 Å². The molecule has 0 spiro atoms. The average molecular weight is 268 g/mol. The van der Waals surface area contributed by atoms with E-state index in [0.717, 1.165) is 23.6 Å². The Balaban J connectivity index is 1.72. The van der Waals surface area contributed by atoms with Crippen LogP contribution in [-0.4, -0.2) is 11.0 Å². The zero-order valence-electron chi connectivity index (χ0n) is 12.0. The highest BCUT2D eigenvalue weighted by atomic mass is 16.5. The van der Waals surface area contributed by atoms with Crippen molar-refractivity contribution in [2.45, 2.75) is 39.3 Å². The highest BCUT2D eigenvalue weighted by Crippen LogP contribution is 2.26. The molecule has 0 atom stereocenters. The highest BCUT2D eigenvalue weighted by molar-refractivity contribution is 5.40. The molecule has 1 N–H and O–H groups in total. The number of nitrogens with zero attached hydrogens (tertiary/aromatic N) is 1. The Hall–Kier alpha value is -1.87. The number of rotatable bonds is 5. The Morgan fingerprint density at radius 3 is 2.75 bits per heavy atom. The van der Waals surface area contributed by atoms with Crippen LogP contribution in [0.5, 0.6) is 11.6 Å². The van der Waals surface area contributed by atoms with Crippen LogP contribution in [0, 0.1) is 13.8 Å². The van der Waals surface area contributed by atoms with Gasteiger partial charge in [-0.25, -0.2) is 4.98 Å². The first-order valence-corrected chi connectivity index (χ1v) is 7.16. The van der Waals surface area contributed by atoms with Gasteiger partial charge in [-0.2, -0.15) is 0 Å². The summed E-state index contributed by atoms with van der Waals surface area (Å²) in [5.41, 5.74) is 3.42. The number of aryl methyl sites for hydroxylation is 1. The Kier molecular flexibility index (Phi) is 3.70. The van der Waals surface area contributed by atoms with E-state index in [4.69, 9.17) is 4.74 Å². The van der Waals surface area contributed by atoms with Crippen molar-refractivity contribution in [2.24, 2.45) is 0 Å². The lowest BCUT2D eigenvalue weighted by Gasteiger charge is -2.10. The maximum absolute atomic E-state index is 5.91. The average Bonchev–Trinajstić information content (AvgIpc) is 3.26. The number of benzene rings is 1. The minimum Gasteiger partial charge on any atom is -0.439 e. The second kappa shape index (κ2) is 5.63. The first-order valence-electron chi connectivity index (χ1n) is 7.16. The summed E-state index contributed by atoms with van der Waals surface area (Å²) in [5.74, 6) is 1.54. The maximum Gasteiger partial charge on any atom is 0.219 e. The summed E-state index contributed by atoms with van der Waals surface area (Å²) in [6.07, 6.45) is 2.58. The van der Waals surface area contributed by atoms with Crippen LogP contribution >= 0.6 is 0 Å². The summed E-state index contributed by atoms with van der Waals surface area (Å²) in [6, 6.07) is 12.7. The van der Waals surface area contributed by atoms with Gasteiger partial charge < -0.3 is 10.1 Å². The van der Waals surface area contributed by atoms with E-state index >= 15 is 0 Å². The monoisotopic (exact) mass is 268 g/mol. The summed E-state index contributed by atoms with van der Waals surface area (Å²) in [6.45, 7) is 4.98. The first kappa shape index (κ1) is 13.1. The van der Waals surface area contributed by atoms with Crippen LogP contribution in [0.15, 0.2) is 36.4 Å². The predicted octanol–water partition coefficient (Wildman–Crippen LogP) is 3.74. The van der Waals surface area contributed by atoms with Crippen molar-refractivity contribution in [3.05, 3.63) is 53.2 Å². The lowest BCUT2D eigenvalue weighted by molar-refractivity contribution is 0.455. The molecule has 1 aliphatic carbocycles. The van der Waals surface area contributed by atoms with Gasteiger partial charge in [-0.3, -0.25) is 0 Å². The van der Waals surface area contributed by atoms with Gasteiger partial charge >= 0.3 is 0 Å². The summed E-state index contributed by atoms with van der Waals surface area (Å²) in [5, 5.41) is 3.47. The van der Waals surface area contributed by atoms with Crippen LogP contribution < -0.4 is 10.1 Å². The normalized spacial score (nSPS) is 14.3. The third-order valence-electron chi connectivity index (χ3n) is 3.70. The quantitative estimate of drug-likeness (QED) is 0.897. The number of hydrogen-bond acceptors (Lipinski definition) is 3. The largest absolute Gasteiger partial charge is 0.439 e. The van der Waals surface area contributed by atoms with Crippen molar-refractivity contribution in [1.29, 1.82) is 0 Å². The minimum atomic E-state index is 0.661. The molecular formula is C17H20N2O. The molecule has 20 heavy (non-hydrogen) atoms. The molecule has 1 aromatic carbocycles. The van der Waals surface area contributed by atoms with Crippen molar-refractivity contribution in [2.75, 3.05) is 0 Å². The van der Waals surface area contributed by atoms with Crippen LogP contribution in [0.4, 0.5) is 0 Å². The van der Waals surface area contributed by atoms with E-state index in [2.05, 4.69) is 30.2 Å².